The van der Waals surface area contributed by atoms with Crippen molar-refractivity contribution in [3.8, 4) is 0 Å². The van der Waals surface area contributed by atoms with Crippen molar-refractivity contribution in [1.29, 1.82) is 0 Å². The van der Waals surface area contributed by atoms with E-state index in [0.29, 0.717) is 6.54 Å². The Morgan fingerprint density at radius 2 is 2.48 bits per heavy atom. The van der Waals surface area contributed by atoms with E-state index in [4.69, 9.17) is 0 Å². The number of nitrogens with one attached hydrogen (secondary N) is 2. The van der Waals surface area contributed by atoms with Gasteiger partial charge in [-0.25, -0.2) is 14.6 Å². The molecule has 112 valence electrons. The van der Waals surface area contributed by atoms with Crippen LogP contribution in [0, 0.1) is 6.92 Å². The fourth-order valence-corrected chi connectivity index (χ4v) is 3.07. The number of piperidine rings is 1. The Bertz CT molecular complexity index is 616. The minimum absolute atomic E-state index is 0.225. The zero-order chi connectivity index (χ0) is 14.7. The van der Waals surface area contributed by atoms with Crippen LogP contribution in [-0.2, 0) is 6.54 Å². The summed E-state index contributed by atoms with van der Waals surface area (Å²) in [7, 11) is 0. The smallest absolute Gasteiger partial charge is 0.291 e. The van der Waals surface area contributed by atoms with Gasteiger partial charge in [0.25, 0.3) is 5.91 Å². The molecule has 0 aromatic carbocycles. The third-order valence-electron chi connectivity index (χ3n) is 3.61. The molecule has 3 rings (SSSR count). The average molecular weight is 306 g/mol. The Hall–Kier alpha value is -1.80. The van der Waals surface area contributed by atoms with E-state index in [1.54, 1.807) is 16.5 Å². The lowest BCUT2D eigenvalue weighted by atomic mass is 10.1. The molecule has 1 aliphatic heterocycles. The number of nitrogens with zero attached hydrogens (tertiary/aromatic N) is 4. The van der Waals surface area contributed by atoms with Crippen molar-refractivity contribution in [3.05, 3.63) is 28.2 Å². The van der Waals surface area contributed by atoms with E-state index in [0.717, 1.165) is 36.5 Å². The number of hydrogen-bond acceptors (Lipinski definition) is 6. The summed E-state index contributed by atoms with van der Waals surface area (Å²) in [5, 5.41) is 10.5. The van der Waals surface area contributed by atoms with Crippen molar-refractivity contribution in [3.63, 3.8) is 0 Å². The summed E-state index contributed by atoms with van der Waals surface area (Å²) in [5.41, 5.74) is 2.73. The van der Waals surface area contributed by atoms with E-state index in [-0.39, 0.29) is 17.8 Å². The molecule has 1 saturated heterocycles. The van der Waals surface area contributed by atoms with Crippen LogP contribution in [0.25, 0.3) is 0 Å². The molecular weight excluding hydrogens is 288 g/mol. The molecule has 2 N–H and O–H groups in total. The summed E-state index contributed by atoms with van der Waals surface area (Å²) in [6.07, 6.45) is 3.83. The summed E-state index contributed by atoms with van der Waals surface area (Å²) in [5.74, 6) is -0.0203. The zero-order valence-corrected chi connectivity index (χ0v) is 12.7. The molecule has 1 amide bonds. The van der Waals surface area contributed by atoms with Crippen LogP contribution < -0.4 is 10.6 Å². The van der Waals surface area contributed by atoms with Crippen molar-refractivity contribution in [1.82, 2.24) is 30.4 Å². The predicted octanol–water partition coefficient (Wildman–Crippen LogP) is 0.898. The molecule has 0 saturated carbocycles. The van der Waals surface area contributed by atoms with Gasteiger partial charge in [-0.2, -0.15) is 0 Å². The number of thiazole rings is 1. The van der Waals surface area contributed by atoms with E-state index in [1.165, 1.54) is 11.3 Å². The highest BCUT2D eigenvalue weighted by Crippen LogP contribution is 2.15. The molecule has 0 radical (unpaired) electrons. The lowest BCUT2D eigenvalue weighted by Gasteiger charge is -2.22. The number of carbonyl (C=O) groups excluding carboxylic acids is 1. The minimum atomic E-state index is -0.245. The second kappa shape index (κ2) is 6.31. The van der Waals surface area contributed by atoms with Crippen LogP contribution in [-0.4, -0.2) is 38.7 Å². The Morgan fingerprint density at radius 3 is 3.19 bits per heavy atom. The first-order valence-electron chi connectivity index (χ1n) is 7.03. The number of aryl methyl sites for hydroxylation is 1. The van der Waals surface area contributed by atoms with E-state index in [1.807, 2.05) is 6.92 Å². The molecule has 1 fully saturated rings. The lowest BCUT2D eigenvalue weighted by Crippen LogP contribution is -2.32. The Morgan fingerprint density at radius 1 is 1.57 bits per heavy atom. The first kappa shape index (κ1) is 14.2. The van der Waals surface area contributed by atoms with Crippen LogP contribution in [0.4, 0.5) is 0 Å². The van der Waals surface area contributed by atoms with Gasteiger partial charge in [0.15, 0.2) is 0 Å². The van der Waals surface area contributed by atoms with Crippen molar-refractivity contribution in [2.75, 3.05) is 13.1 Å². The summed E-state index contributed by atoms with van der Waals surface area (Å²) < 4.78 is 1.79. The molecule has 2 aromatic heterocycles. The second-order valence-electron chi connectivity index (χ2n) is 5.09. The highest BCUT2D eigenvalue weighted by Gasteiger charge is 2.18. The van der Waals surface area contributed by atoms with Gasteiger partial charge in [0.2, 0.25) is 5.82 Å². The fourth-order valence-electron chi connectivity index (χ4n) is 2.35. The van der Waals surface area contributed by atoms with Gasteiger partial charge in [-0.15, -0.1) is 16.4 Å². The van der Waals surface area contributed by atoms with Crippen LogP contribution in [0.1, 0.15) is 40.1 Å². The first-order chi connectivity index (χ1) is 10.2. The summed E-state index contributed by atoms with van der Waals surface area (Å²) in [4.78, 5) is 21.4. The van der Waals surface area contributed by atoms with Crippen LogP contribution in [0.15, 0.2) is 11.8 Å². The minimum Gasteiger partial charge on any atom is -0.344 e. The van der Waals surface area contributed by atoms with Gasteiger partial charge in [-0.05, 0) is 26.3 Å². The van der Waals surface area contributed by atoms with Crippen LogP contribution in [0.3, 0.4) is 0 Å². The fraction of sp³-hybridized carbons (Fsp3) is 0.538. The van der Waals surface area contributed by atoms with Gasteiger partial charge in [-0.3, -0.25) is 4.79 Å². The normalized spacial score (nSPS) is 18.6. The molecule has 0 bridgehead atoms. The summed E-state index contributed by atoms with van der Waals surface area (Å²) in [6.45, 7) is 4.33. The Labute approximate surface area is 126 Å². The van der Waals surface area contributed by atoms with Gasteiger partial charge in [0, 0.05) is 11.4 Å². The molecule has 8 heteroatoms. The maximum Gasteiger partial charge on any atom is 0.291 e. The number of amides is 1. The van der Waals surface area contributed by atoms with Gasteiger partial charge in [-0.1, -0.05) is 0 Å². The molecule has 0 aliphatic carbocycles. The van der Waals surface area contributed by atoms with Crippen molar-refractivity contribution in [2.45, 2.75) is 32.4 Å². The molecule has 2 aromatic rings. The molecule has 1 atom stereocenters. The van der Waals surface area contributed by atoms with Crippen molar-refractivity contribution in [2.24, 2.45) is 0 Å². The average Bonchev–Trinajstić information content (AvgIpc) is 3.15. The Kier molecular flexibility index (Phi) is 4.26. The topological polar surface area (TPSA) is 84.7 Å². The number of carbonyl (C=O) groups is 1. The van der Waals surface area contributed by atoms with E-state index in [9.17, 15) is 4.79 Å². The van der Waals surface area contributed by atoms with Gasteiger partial charge >= 0.3 is 0 Å². The number of rotatable bonds is 4. The maximum absolute atomic E-state index is 12.1. The van der Waals surface area contributed by atoms with E-state index < -0.39 is 0 Å². The van der Waals surface area contributed by atoms with Crippen molar-refractivity contribution < 1.29 is 4.79 Å². The lowest BCUT2D eigenvalue weighted by molar-refractivity contribution is 0.0940. The highest BCUT2D eigenvalue weighted by molar-refractivity contribution is 7.09. The molecule has 1 aliphatic rings. The van der Waals surface area contributed by atoms with Gasteiger partial charge in [0.1, 0.15) is 6.33 Å². The quantitative estimate of drug-likeness (QED) is 0.876. The highest BCUT2D eigenvalue weighted by atomic mass is 32.1. The van der Waals surface area contributed by atoms with Crippen LogP contribution in [0.5, 0.6) is 0 Å². The van der Waals surface area contributed by atoms with Crippen LogP contribution in [0.2, 0.25) is 0 Å². The molecular formula is C13H18N6OS. The van der Waals surface area contributed by atoms with Crippen LogP contribution >= 0.6 is 11.3 Å². The maximum atomic E-state index is 12.1. The monoisotopic (exact) mass is 306 g/mol. The molecule has 1 unspecified atom stereocenters. The largest absolute Gasteiger partial charge is 0.344 e. The first-order valence-corrected chi connectivity index (χ1v) is 7.91. The number of hydrogen-bond donors (Lipinski definition) is 2. The molecule has 3 heterocycles. The van der Waals surface area contributed by atoms with Gasteiger partial charge < -0.3 is 10.6 Å². The van der Waals surface area contributed by atoms with E-state index >= 15 is 0 Å². The SMILES string of the molecule is Cc1ncsc1CNC(=O)c1ncn(C2CCCNC2)n1. The second-order valence-corrected chi connectivity index (χ2v) is 6.03. The molecule has 21 heavy (non-hydrogen) atoms. The van der Waals surface area contributed by atoms with Gasteiger partial charge in [0.05, 0.1) is 23.8 Å². The molecule has 7 nitrogen and oxygen atoms in total. The Balaban J connectivity index is 1.60. The summed E-state index contributed by atoms with van der Waals surface area (Å²) >= 11 is 1.53. The third-order valence-corrected chi connectivity index (χ3v) is 4.55. The zero-order valence-electron chi connectivity index (χ0n) is 11.9. The molecule has 0 spiro atoms. The number of aromatic nitrogens is 4. The summed E-state index contributed by atoms with van der Waals surface area (Å²) in [6, 6.07) is 0.288. The third kappa shape index (κ3) is 3.27. The standard InChI is InChI=1S/C13H18N6OS/c1-9-11(21-8-17-9)6-15-13(20)12-16-7-19(18-12)10-3-2-4-14-5-10/h7-8,10,14H,2-6H2,1H3,(H,15,20). The predicted molar refractivity (Wildman–Crippen MR) is 79.2 cm³/mol. The van der Waals surface area contributed by atoms with Crippen molar-refractivity contribution >= 4 is 17.2 Å². The van der Waals surface area contributed by atoms with E-state index in [2.05, 4.69) is 25.7 Å².